The molecule has 0 aromatic rings. The van der Waals surface area contributed by atoms with Gasteiger partial charge in [-0.1, -0.05) is 25.0 Å². The first-order valence-corrected chi connectivity index (χ1v) is 5.49. The van der Waals surface area contributed by atoms with Crippen molar-refractivity contribution in [3.8, 4) is 0 Å². The highest BCUT2D eigenvalue weighted by atomic mass is 16.1. The molecule has 0 spiro atoms. The van der Waals surface area contributed by atoms with Crippen molar-refractivity contribution >= 4 is 5.78 Å². The number of rotatable bonds is 0. The Morgan fingerprint density at radius 3 is 2.38 bits per heavy atom. The van der Waals surface area contributed by atoms with Crippen LogP contribution in [-0.4, -0.2) is 5.78 Å². The molecule has 3 rings (SSSR count). The Balaban J connectivity index is 1.99. The van der Waals surface area contributed by atoms with Crippen LogP contribution in [0.25, 0.3) is 0 Å². The number of hydrogen-bond donors (Lipinski definition) is 0. The Bertz CT molecular complexity index is 291. The van der Waals surface area contributed by atoms with E-state index in [1.807, 2.05) is 0 Å². The van der Waals surface area contributed by atoms with E-state index in [-0.39, 0.29) is 0 Å². The first-order valence-electron chi connectivity index (χ1n) is 5.49. The molecular formula is C12H16O. The highest BCUT2D eigenvalue weighted by molar-refractivity contribution is 5.81. The minimum atomic E-state index is 0.334. The molecule has 0 unspecified atom stereocenters. The molecule has 0 radical (unpaired) electrons. The maximum absolute atomic E-state index is 11.5. The maximum Gasteiger partial charge on any atom is 0.133 e. The first-order chi connectivity index (χ1) is 6.27. The topological polar surface area (TPSA) is 17.1 Å². The highest BCUT2D eigenvalue weighted by Gasteiger charge is 2.57. The molecule has 0 aromatic carbocycles. The minimum absolute atomic E-state index is 0.334. The number of hydrogen-bond acceptors (Lipinski definition) is 1. The van der Waals surface area contributed by atoms with E-state index >= 15 is 0 Å². The molecule has 0 aromatic heterocycles. The summed E-state index contributed by atoms with van der Waals surface area (Å²) in [4.78, 5) is 11.5. The second-order valence-corrected chi connectivity index (χ2v) is 5.07. The summed E-state index contributed by atoms with van der Waals surface area (Å²) < 4.78 is 0. The Labute approximate surface area is 79.2 Å². The van der Waals surface area contributed by atoms with E-state index in [1.165, 1.54) is 25.7 Å². The molecule has 2 fully saturated rings. The number of allylic oxidation sites excluding steroid dienone is 2. The van der Waals surface area contributed by atoms with E-state index < -0.39 is 0 Å². The maximum atomic E-state index is 11.5. The van der Waals surface area contributed by atoms with Gasteiger partial charge in [0.2, 0.25) is 0 Å². The van der Waals surface area contributed by atoms with Crippen molar-refractivity contribution in [1.82, 2.24) is 0 Å². The van der Waals surface area contributed by atoms with Gasteiger partial charge in [-0.15, -0.1) is 0 Å². The third-order valence-corrected chi connectivity index (χ3v) is 4.57. The zero-order valence-corrected chi connectivity index (χ0v) is 8.01. The van der Waals surface area contributed by atoms with E-state index in [0.717, 1.165) is 19.3 Å². The molecular weight excluding hydrogens is 160 g/mol. The van der Waals surface area contributed by atoms with Crippen molar-refractivity contribution in [1.29, 1.82) is 0 Å². The Morgan fingerprint density at radius 1 is 1.00 bits per heavy atom. The molecule has 3 aliphatic rings. The molecule has 0 heterocycles. The van der Waals surface area contributed by atoms with Crippen molar-refractivity contribution in [3.63, 3.8) is 0 Å². The van der Waals surface area contributed by atoms with Crippen LogP contribution >= 0.6 is 0 Å². The van der Waals surface area contributed by atoms with E-state index in [1.54, 1.807) is 0 Å². The van der Waals surface area contributed by atoms with Crippen LogP contribution in [0.2, 0.25) is 0 Å². The SMILES string of the molecule is O=C1CC[C@]23C=C[C@@]2(CCCC3)C1. The number of carbonyl (C=O) groups is 1. The van der Waals surface area contributed by atoms with E-state index in [2.05, 4.69) is 12.2 Å². The average molecular weight is 176 g/mol. The van der Waals surface area contributed by atoms with Crippen LogP contribution in [-0.2, 0) is 4.79 Å². The summed E-state index contributed by atoms with van der Waals surface area (Å²) in [5.41, 5.74) is 0.805. The lowest BCUT2D eigenvalue weighted by molar-refractivity contribution is -0.130. The molecule has 0 aliphatic heterocycles. The van der Waals surface area contributed by atoms with Crippen LogP contribution in [0.3, 0.4) is 0 Å². The summed E-state index contributed by atoms with van der Waals surface area (Å²) in [5, 5.41) is 0. The van der Waals surface area contributed by atoms with Crippen LogP contribution in [0.4, 0.5) is 0 Å². The molecule has 0 amide bonds. The second-order valence-electron chi connectivity index (χ2n) is 5.07. The van der Waals surface area contributed by atoms with Gasteiger partial charge in [-0.3, -0.25) is 4.79 Å². The molecule has 1 nitrogen and oxygen atoms in total. The monoisotopic (exact) mass is 176 g/mol. The van der Waals surface area contributed by atoms with Crippen molar-refractivity contribution in [2.24, 2.45) is 10.8 Å². The van der Waals surface area contributed by atoms with Crippen LogP contribution in [0.5, 0.6) is 0 Å². The Kier molecular flexibility index (Phi) is 1.35. The standard InChI is InChI=1S/C12H16O/c13-10-3-6-11-4-1-2-5-12(11,9-10)8-7-11/h7-8H,1-6,9H2/t11-,12+/m1/s1. The summed E-state index contributed by atoms with van der Waals surface area (Å²) in [6.45, 7) is 0. The van der Waals surface area contributed by atoms with Gasteiger partial charge in [0.15, 0.2) is 0 Å². The van der Waals surface area contributed by atoms with Gasteiger partial charge in [-0.05, 0) is 24.7 Å². The molecule has 0 bridgehead atoms. The molecule has 2 atom stereocenters. The van der Waals surface area contributed by atoms with Crippen LogP contribution in [0.15, 0.2) is 12.2 Å². The van der Waals surface area contributed by atoms with Crippen molar-refractivity contribution < 1.29 is 4.79 Å². The van der Waals surface area contributed by atoms with E-state index in [4.69, 9.17) is 0 Å². The van der Waals surface area contributed by atoms with Gasteiger partial charge >= 0.3 is 0 Å². The van der Waals surface area contributed by atoms with E-state index in [0.29, 0.717) is 16.6 Å². The predicted octanol–water partition coefficient (Wildman–Crippen LogP) is 2.86. The smallest absolute Gasteiger partial charge is 0.133 e. The van der Waals surface area contributed by atoms with Crippen molar-refractivity contribution in [2.75, 3.05) is 0 Å². The third kappa shape index (κ3) is 0.806. The fraction of sp³-hybridized carbons (Fsp3) is 0.750. The molecule has 2 saturated carbocycles. The zero-order chi connectivity index (χ0) is 8.94. The summed E-state index contributed by atoms with van der Waals surface area (Å²) in [6, 6.07) is 0. The number of carbonyl (C=O) groups excluding carboxylic acids is 1. The normalized spacial score (nSPS) is 47.8. The first kappa shape index (κ1) is 7.78. The highest BCUT2D eigenvalue weighted by Crippen LogP contribution is 2.65. The molecule has 0 N–H and O–H groups in total. The zero-order valence-electron chi connectivity index (χ0n) is 8.01. The van der Waals surface area contributed by atoms with Gasteiger partial charge in [0, 0.05) is 18.3 Å². The van der Waals surface area contributed by atoms with Crippen molar-refractivity contribution in [2.45, 2.75) is 44.9 Å². The molecule has 70 valence electrons. The van der Waals surface area contributed by atoms with Gasteiger partial charge in [0.1, 0.15) is 5.78 Å². The molecule has 3 aliphatic carbocycles. The van der Waals surface area contributed by atoms with E-state index in [9.17, 15) is 4.79 Å². The lowest BCUT2D eigenvalue weighted by Crippen LogP contribution is -2.52. The van der Waals surface area contributed by atoms with Crippen LogP contribution in [0, 0.1) is 10.8 Å². The fourth-order valence-electron chi connectivity index (χ4n) is 3.68. The summed E-state index contributed by atoms with van der Waals surface area (Å²) >= 11 is 0. The molecule has 0 saturated heterocycles. The van der Waals surface area contributed by atoms with Gasteiger partial charge < -0.3 is 0 Å². The summed E-state index contributed by atoms with van der Waals surface area (Å²) in [6.07, 6.45) is 12.9. The van der Waals surface area contributed by atoms with Crippen LogP contribution < -0.4 is 0 Å². The van der Waals surface area contributed by atoms with Gasteiger partial charge in [-0.25, -0.2) is 0 Å². The average Bonchev–Trinajstić information content (AvgIpc) is 2.11. The summed E-state index contributed by atoms with van der Waals surface area (Å²) in [7, 11) is 0. The fourth-order valence-corrected chi connectivity index (χ4v) is 3.68. The van der Waals surface area contributed by atoms with Gasteiger partial charge in [0.25, 0.3) is 0 Å². The van der Waals surface area contributed by atoms with Gasteiger partial charge in [0.05, 0.1) is 0 Å². The lowest BCUT2D eigenvalue weighted by atomic mass is 9.44. The summed E-state index contributed by atoms with van der Waals surface area (Å²) in [5.74, 6) is 0.502. The van der Waals surface area contributed by atoms with Gasteiger partial charge in [-0.2, -0.15) is 0 Å². The largest absolute Gasteiger partial charge is 0.300 e. The van der Waals surface area contributed by atoms with Crippen molar-refractivity contribution in [3.05, 3.63) is 12.2 Å². The molecule has 13 heavy (non-hydrogen) atoms. The Morgan fingerprint density at radius 2 is 1.69 bits per heavy atom. The third-order valence-electron chi connectivity index (χ3n) is 4.57. The quantitative estimate of drug-likeness (QED) is 0.519. The lowest BCUT2D eigenvalue weighted by Gasteiger charge is -2.59. The minimum Gasteiger partial charge on any atom is -0.300 e. The van der Waals surface area contributed by atoms with Crippen LogP contribution in [0.1, 0.15) is 44.9 Å². The number of Topliss-reactive ketones (excluding diaryl/α,β-unsaturated/α-hetero) is 1. The second kappa shape index (κ2) is 2.26. The number of ketones is 1. The predicted molar refractivity (Wildman–Crippen MR) is 51.3 cm³/mol. The molecule has 1 heteroatoms. The Hall–Kier alpha value is -0.590.